The lowest BCUT2D eigenvalue weighted by molar-refractivity contribution is -0.141. The Bertz CT molecular complexity index is 379. The lowest BCUT2D eigenvalue weighted by Crippen LogP contribution is -2.02. The van der Waals surface area contributed by atoms with E-state index in [4.69, 9.17) is 4.74 Å². The highest BCUT2D eigenvalue weighted by Crippen LogP contribution is 2.14. The Morgan fingerprint density at radius 1 is 1.41 bits per heavy atom. The van der Waals surface area contributed by atoms with Crippen LogP contribution in [0.4, 0.5) is 0 Å². The summed E-state index contributed by atoms with van der Waals surface area (Å²) in [5.41, 5.74) is 1.98. The number of hydrogen-bond donors (Lipinski definition) is 1. The van der Waals surface area contributed by atoms with Gasteiger partial charge in [-0.25, -0.2) is 0 Å². The van der Waals surface area contributed by atoms with E-state index in [0.29, 0.717) is 6.42 Å². The van der Waals surface area contributed by atoms with Gasteiger partial charge in [0.05, 0.1) is 6.10 Å². The monoisotopic (exact) mass is 234 g/mol. The van der Waals surface area contributed by atoms with Crippen LogP contribution in [-0.4, -0.2) is 17.7 Å². The van der Waals surface area contributed by atoms with Crippen LogP contribution in [0.15, 0.2) is 36.4 Å². The van der Waals surface area contributed by atoms with E-state index in [1.165, 1.54) is 0 Å². The molecule has 0 fully saturated rings. The largest absolute Gasteiger partial charge is 0.461 e. The van der Waals surface area contributed by atoms with Crippen molar-refractivity contribution in [3.05, 3.63) is 47.5 Å². The number of carbonyl (C=O) groups is 1. The fourth-order valence-electron chi connectivity index (χ4n) is 1.30. The van der Waals surface area contributed by atoms with Gasteiger partial charge in [-0.1, -0.05) is 42.8 Å². The third-order valence-corrected chi connectivity index (χ3v) is 2.37. The Labute approximate surface area is 102 Å². The molecule has 0 spiro atoms. The smallest absolute Gasteiger partial charge is 0.305 e. The van der Waals surface area contributed by atoms with E-state index in [-0.39, 0.29) is 12.6 Å². The highest BCUT2D eigenvalue weighted by molar-refractivity contribution is 5.68. The zero-order chi connectivity index (χ0) is 12.7. The Balaban J connectivity index is 2.43. The van der Waals surface area contributed by atoms with Gasteiger partial charge in [-0.15, -0.1) is 0 Å². The maximum Gasteiger partial charge on any atom is 0.305 e. The number of aliphatic hydroxyl groups is 1. The molecule has 1 N–H and O–H groups in total. The summed E-state index contributed by atoms with van der Waals surface area (Å²) < 4.78 is 4.86. The number of esters is 1. The van der Waals surface area contributed by atoms with Gasteiger partial charge in [0.2, 0.25) is 0 Å². The molecule has 0 aliphatic carbocycles. The number of hydrogen-bond acceptors (Lipinski definition) is 3. The molecule has 1 aromatic carbocycles. The minimum absolute atomic E-state index is 0.204. The zero-order valence-electron chi connectivity index (χ0n) is 10.2. The van der Waals surface area contributed by atoms with Crippen LogP contribution in [0.5, 0.6) is 0 Å². The summed E-state index contributed by atoms with van der Waals surface area (Å²) in [5.74, 6) is -0.237. The molecule has 3 nitrogen and oxygen atoms in total. The van der Waals surface area contributed by atoms with Gasteiger partial charge in [-0.2, -0.15) is 0 Å². The molecule has 0 bridgehead atoms. The van der Waals surface area contributed by atoms with Crippen molar-refractivity contribution in [2.24, 2.45) is 0 Å². The lowest BCUT2D eigenvalue weighted by Gasteiger charge is -2.06. The summed E-state index contributed by atoms with van der Waals surface area (Å²) in [6, 6.07) is 7.65. The van der Waals surface area contributed by atoms with Gasteiger partial charge in [-0.05, 0) is 18.6 Å². The molecule has 0 saturated heterocycles. The van der Waals surface area contributed by atoms with Crippen molar-refractivity contribution in [3.63, 3.8) is 0 Å². The fourth-order valence-corrected chi connectivity index (χ4v) is 1.30. The normalized spacial score (nSPS) is 12.6. The molecule has 0 heterocycles. The number of aryl methyl sites for hydroxylation is 1. The second-order valence-corrected chi connectivity index (χ2v) is 3.82. The van der Waals surface area contributed by atoms with Crippen molar-refractivity contribution in [2.75, 3.05) is 6.61 Å². The molecular formula is C14H18O3. The van der Waals surface area contributed by atoms with Crippen molar-refractivity contribution in [1.82, 2.24) is 0 Å². The van der Waals surface area contributed by atoms with E-state index in [0.717, 1.165) is 11.1 Å². The zero-order valence-corrected chi connectivity index (χ0v) is 10.2. The van der Waals surface area contributed by atoms with E-state index >= 15 is 0 Å². The molecule has 92 valence electrons. The van der Waals surface area contributed by atoms with Crippen LogP contribution in [0, 0.1) is 6.92 Å². The second kappa shape index (κ2) is 6.86. The van der Waals surface area contributed by atoms with Crippen molar-refractivity contribution in [3.8, 4) is 0 Å². The number of rotatable bonds is 5. The van der Waals surface area contributed by atoms with E-state index in [9.17, 15) is 9.90 Å². The molecule has 0 amide bonds. The molecule has 17 heavy (non-hydrogen) atoms. The van der Waals surface area contributed by atoms with Gasteiger partial charge < -0.3 is 9.84 Å². The topological polar surface area (TPSA) is 46.5 Å². The first-order valence-electron chi connectivity index (χ1n) is 5.70. The summed E-state index contributed by atoms with van der Waals surface area (Å²) in [7, 11) is 0. The van der Waals surface area contributed by atoms with Crippen LogP contribution < -0.4 is 0 Å². The minimum Gasteiger partial charge on any atom is -0.461 e. The fraction of sp³-hybridized carbons (Fsp3) is 0.357. The van der Waals surface area contributed by atoms with Crippen molar-refractivity contribution >= 4 is 5.97 Å². The summed E-state index contributed by atoms with van der Waals surface area (Å²) in [6.07, 6.45) is 2.98. The molecule has 1 rings (SSSR count). The van der Waals surface area contributed by atoms with Crippen molar-refractivity contribution in [1.29, 1.82) is 0 Å². The Morgan fingerprint density at radius 3 is 2.65 bits per heavy atom. The third-order valence-electron chi connectivity index (χ3n) is 2.37. The molecular weight excluding hydrogens is 216 g/mol. The number of benzene rings is 1. The predicted octanol–water partition coefficient (Wildman–Crippen LogP) is 2.54. The van der Waals surface area contributed by atoms with Crippen LogP contribution in [0.1, 0.15) is 30.6 Å². The minimum atomic E-state index is -0.657. The third kappa shape index (κ3) is 4.83. The molecule has 0 radical (unpaired) electrons. The summed E-state index contributed by atoms with van der Waals surface area (Å²) in [6.45, 7) is 3.94. The molecule has 3 heteroatoms. The first kappa shape index (κ1) is 13.5. The Morgan fingerprint density at radius 2 is 2.06 bits per heavy atom. The maximum absolute atomic E-state index is 10.8. The molecule has 0 saturated carbocycles. The number of aliphatic hydroxyl groups excluding tert-OH is 1. The van der Waals surface area contributed by atoms with E-state index in [2.05, 4.69) is 0 Å². The molecule has 0 aliphatic heterocycles. The van der Waals surface area contributed by atoms with Crippen molar-refractivity contribution < 1.29 is 14.6 Å². The average Bonchev–Trinajstić information content (AvgIpc) is 2.34. The van der Waals surface area contributed by atoms with Crippen LogP contribution >= 0.6 is 0 Å². The highest BCUT2D eigenvalue weighted by Gasteiger charge is 2.02. The van der Waals surface area contributed by atoms with Gasteiger partial charge in [0.15, 0.2) is 0 Å². The van der Waals surface area contributed by atoms with E-state index in [1.807, 2.05) is 31.2 Å². The lowest BCUT2D eigenvalue weighted by atomic mass is 10.1. The molecule has 1 unspecified atom stereocenters. The van der Waals surface area contributed by atoms with E-state index in [1.54, 1.807) is 19.1 Å². The average molecular weight is 234 g/mol. The Hall–Kier alpha value is -1.61. The van der Waals surface area contributed by atoms with Crippen LogP contribution in [-0.2, 0) is 9.53 Å². The highest BCUT2D eigenvalue weighted by atomic mass is 16.5. The van der Waals surface area contributed by atoms with Crippen LogP contribution in [0.2, 0.25) is 0 Å². The van der Waals surface area contributed by atoms with Crippen LogP contribution in [0.25, 0.3) is 0 Å². The predicted molar refractivity (Wildman–Crippen MR) is 66.5 cm³/mol. The van der Waals surface area contributed by atoms with E-state index < -0.39 is 6.10 Å². The maximum atomic E-state index is 10.8. The van der Waals surface area contributed by atoms with Gasteiger partial charge in [0.25, 0.3) is 0 Å². The summed E-state index contributed by atoms with van der Waals surface area (Å²) in [5, 5.41) is 9.81. The van der Waals surface area contributed by atoms with Crippen molar-refractivity contribution in [2.45, 2.75) is 26.4 Å². The molecule has 1 atom stereocenters. The van der Waals surface area contributed by atoms with Gasteiger partial charge in [-0.3, -0.25) is 4.79 Å². The summed E-state index contributed by atoms with van der Waals surface area (Å²) in [4.78, 5) is 10.8. The standard InChI is InChI=1S/C14H18O3/c1-3-14(16)17-10-4-5-13(15)12-8-6-11(2)7-9-12/h4-9,13,15H,3,10H2,1-2H3/b5-4+. The van der Waals surface area contributed by atoms with Gasteiger partial charge >= 0.3 is 5.97 Å². The van der Waals surface area contributed by atoms with Gasteiger partial charge in [0.1, 0.15) is 6.61 Å². The second-order valence-electron chi connectivity index (χ2n) is 3.82. The first-order valence-corrected chi connectivity index (χ1v) is 5.70. The summed E-state index contributed by atoms with van der Waals surface area (Å²) >= 11 is 0. The molecule has 0 aliphatic rings. The molecule has 0 aromatic heterocycles. The first-order chi connectivity index (χ1) is 8.13. The molecule has 1 aromatic rings. The van der Waals surface area contributed by atoms with Gasteiger partial charge in [0, 0.05) is 6.42 Å². The number of ether oxygens (including phenoxy) is 1. The SMILES string of the molecule is CCC(=O)OC/C=C/C(O)c1ccc(C)cc1. The van der Waals surface area contributed by atoms with Crippen LogP contribution in [0.3, 0.4) is 0 Å². The quantitative estimate of drug-likeness (QED) is 0.629. The number of carbonyl (C=O) groups excluding carboxylic acids is 1. The Kier molecular flexibility index (Phi) is 5.43.